The van der Waals surface area contributed by atoms with E-state index in [4.69, 9.17) is 9.47 Å². The van der Waals surface area contributed by atoms with Crippen LogP contribution in [0.15, 0.2) is 36.4 Å². The zero-order valence-corrected chi connectivity index (χ0v) is 19.7. The molecule has 7 heteroatoms. The Morgan fingerprint density at radius 2 is 1.75 bits per heavy atom. The van der Waals surface area contributed by atoms with E-state index in [2.05, 4.69) is 16.7 Å². The van der Waals surface area contributed by atoms with Crippen LogP contribution in [0.2, 0.25) is 0 Å². The molecule has 0 spiro atoms. The van der Waals surface area contributed by atoms with Crippen molar-refractivity contribution in [3.8, 4) is 11.5 Å². The summed E-state index contributed by atoms with van der Waals surface area (Å²) in [5.41, 5.74) is 3.19. The minimum absolute atomic E-state index is 0.0541. The molecule has 2 aromatic carbocycles. The van der Waals surface area contributed by atoms with Gasteiger partial charge in [-0.1, -0.05) is 12.1 Å². The fraction of sp³-hybridized carbons (Fsp3) is 0.480. The quantitative estimate of drug-likeness (QED) is 0.626. The Bertz CT molecular complexity index is 929. The van der Waals surface area contributed by atoms with Gasteiger partial charge in [-0.05, 0) is 54.8 Å². The van der Waals surface area contributed by atoms with Crippen LogP contribution >= 0.6 is 0 Å². The number of methoxy groups -OCH3 is 2. The molecule has 0 aliphatic carbocycles. The van der Waals surface area contributed by atoms with Gasteiger partial charge in [0.1, 0.15) is 5.82 Å². The van der Waals surface area contributed by atoms with Crippen molar-refractivity contribution in [3.63, 3.8) is 0 Å². The van der Waals surface area contributed by atoms with Crippen LogP contribution in [0.5, 0.6) is 11.5 Å². The van der Waals surface area contributed by atoms with E-state index in [0.29, 0.717) is 6.54 Å². The van der Waals surface area contributed by atoms with E-state index < -0.39 is 0 Å². The predicted octanol–water partition coefficient (Wildman–Crippen LogP) is 3.32. The second-order valence-electron chi connectivity index (χ2n) is 8.45. The molecule has 1 aliphatic heterocycles. The van der Waals surface area contributed by atoms with Crippen molar-refractivity contribution >= 4 is 5.91 Å². The summed E-state index contributed by atoms with van der Waals surface area (Å²) < 4.78 is 24.3. The lowest BCUT2D eigenvalue weighted by atomic mass is 10.1. The number of halogens is 1. The van der Waals surface area contributed by atoms with Gasteiger partial charge in [0.15, 0.2) is 11.5 Å². The lowest BCUT2D eigenvalue weighted by Crippen LogP contribution is -2.53. The van der Waals surface area contributed by atoms with E-state index in [1.807, 2.05) is 25.1 Å². The Morgan fingerprint density at radius 1 is 1.09 bits per heavy atom. The van der Waals surface area contributed by atoms with Crippen molar-refractivity contribution in [1.82, 2.24) is 14.7 Å². The third kappa shape index (κ3) is 5.78. The zero-order chi connectivity index (χ0) is 23.3. The summed E-state index contributed by atoms with van der Waals surface area (Å²) in [5.74, 6) is 1.26. The van der Waals surface area contributed by atoms with E-state index in [1.165, 1.54) is 23.3 Å². The summed E-state index contributed by atoms with van der Waals surface area (Å²) in [5, 5.41) is 0. The zero-order valence-electron chi connectivity index (χ0n) is 19.7. The van der Waals surface area contributed by atoms with Crippen molar-refractivity contribution in [2.24, 2.45) is 0 Å². The molecule has 32 heavy (non-hydrogen) atoms. The standard InChI is InChI=1S/C25H34FN3O3/c1-18-13-23(31-4)24(32-5)15-21(18)17-28-9-11-29(12-10-28)19(2)25(30)27(3)16-20-7-6-8-22(26)14-20/h6-8,13-15,19H,9-12,16-17H2,1-5H3/t19-/m0/s1. The number of amides is 1. The number of benzene rings is 2. The Hall–Kier alpha value is -2.64. The highest BCUT2D eigenvalue weighted by Gasteiger charge is 2.28. The van der Waals surface area contributed by atoms with Crippen molar-refractivity contribution < 1.29 is 18.7 Å². The second-order valence-corrected chi connectivity index (χ2v) is 8.45. The number of hydrogen-bond donors (Lipinski definition) is 0. The average molecular weight is 444 g/mol. The summed E-state index contributed by atoms with van der Waals surface area (Å²) in [6, 6.07) is 10.3. The van der Waals surface area contributed by atoms with Gasteiger partial charge in [0.25, 0.3) is 0 Å². The lowest BCUT2D eigenvalue weighted by Gasteiger charge is -2.38. The Morgan fingerprint density at radius 3 is 2.38 bits per heavy atom. The van der Waals surface area contributed by atoms with Gasteiger partial charge in [-0.2, -0.15) is 0 Å². The number of carbonyl (C=O) groups is 1. The van der Waals surface area contributed by atoms with Crippen LogP contribution in [0.4, 0.5) is 4.39 Å². The van der Waals surface area contributed by atoms with Crippen LogP contribution < -0.4 is 9.47 Å². The smallest absolute Gasteiger partial charge is 0.239 e. The first-order valence-electron chi connectivity index (χ1n) is 11.0. The van der Waals surface area contributed by atoms with Gasteiger partial charge in [-0.15, -0.1) is 0 Å². The molecule has 0 radical (unpaired) electrons. The van der Waals surface area contributed by atoms with Crippen LogP contribution in [0, 0.1) is 12.7 Å². The second kappa shape index (κ2) is 10.8. The third-order valence-electron chi connectivity index (χ3n) is 6.23. The number of ether oxygens (including phenoxy) is 2. The van der Waals surface area contributed by atoms with Gasteiger partial charge < -0.3 is 14.4 Å². The van der Waals surface area contributed by atoms with Crippen LogP contribution in [0.25, 0.3) is 0 Å². The van der Waals surface area contributed by atoms with Crippen LogP contribution in [0.3, 0.4) is 0 Å². The monoisotopic (exact) mass is 443 g/mol. The molecule has 2 aromatic rings. The molecule has 6 nitrogen and oxygen atoms in total. The third-order valence-corrected chi connectivity index (χ3v) is 6.23. The summed E-state index contributed by atoms with van der Waals surface area (Å²) in [6.45, 7) is 8.71. The minimum atomic E-state index is -0.280. The molecule has 0 saturated carbocycles. The summed E-state index contributed by atoms with van der Waals surface area (Å²) in [4.78, 5) is 19.2. The summed E-state index contributed by atoms with van der Waals surface area (Å²) in [7, 11) is 5.08. The van der Waals surface area contributed by atoms with E-state index in [-0.39, 0.29) is 17.8 Å². The highest BCUT2D eigenvalue weighted by Crippen LogP contribution is 2.31. The lowest BCUT2D eigenvalue weighted by molar-refractivity contribution is -0.136. The Kier molecular flexibility index (Phi) is 8.10. The number of rotatable bonds is 8. The van der Waals surface area contributed by atoms with Crippen LogP contribution in [-0.2, 0) is 17.9 Å². The Labute approximate surface area is 190 Å². The topological polar surface area (TPSA) is 45.2 Å². The highest BCUT2D eigenvalue weighted by atomic mass is 19.1. The molecule has 0 N–H and O–H groups in total. The van der Waals surface area contributed by atoms with Gasteiger partial charge in [0, 0.05) is 46.3 Å². The maximum Gasteiger partial charge on any atom is 0.239 e. The van der Waals surface area contributed by atoms with Gasteiger partial charge in [-0.25, -0.2) is 4.39 Å². The van der Waals surface area contributed by atoms with Crippen molar-refractivity contribution in [3.05, 3.63) is 58.9 Å². The molecule has 174 valence electrons. The number of carbonyl (C=O) groups excluding carboxylic acids is 1. The SMILES string of the molecule is COc1cc(C)c(CN2CCN([C@@H](C)C(=O)N(C)Cc3cccc(F)c3)CC2)cc1OC. The van der Waals surface area contributed by atoms with Crippen molar-refractivity contribution in [2.45, 2.75) is 33.0 Å². The number of piperazine rings is 1. The molecule has 3 rings (SSSR count). The molecular weight excluding hydrogens is 409 g/mol. The number of hydrogen-bond acceptors (Lipinski definition) is 5. The van der Waals surface area contributed by atoms with E-state index in [0.717, 1.165) is 49.8 Å². The Balaban J connectivity index is 1.54. The average Bonchev–Trinajstić information content (AvgIpc) is 2.79. The number of aryl methyl sites for hydroxylation is 1. The van der Waals surface area contributed by atoms with Gasteiger partial charge in [0.2, 0.25) is 5.91 Å². The first-order chi connectivity index (χ1) is 15.3. The molecule has 1 saturated heterocycles. The van der Waals surface area contributed by atoms with Crippen LogP contribution in [0.1, 0.15) is 23.6 Å². The predicted molar refractivity (Wildman–Crippen MR) is 123 cm³/mol. The fourth-order valence-corrected chi connectivity index (χ4v) is 4.20. The number of likely N-dealkylation sites (N-methyl/N-ethyl adjacent to an activating group) is 1. The first kappa shape index (κ1) is 24.0. The molecular formula is C25H34FN3O3. The van der Waals surface area contributed by atoms with Crippen LogP contribution in [-0.4, -0.2) is 74.1 Å². The van der Waals surface area contributed by atoms with E-state index in [1.54, 1.807) is 32.2 Å². The molecule has 1 amide bonds. The number of nitrogens with zero attached hydrogens (tertiary/aromatic N) is 3. The van der Waals surface area contributed by atoms with Gasteiger partial charge in [-0.3, -0.25) is 14.6 Å². The summed E-state index contributed by atoms with van der Waals surface area (Å²) in [6.07, 6.45) is 0. The molecule has 1 aliphatic rings. The van der Waals surface area contributed by atoms with Crippen molar-refractivity contribution in [2.75, 3.05) is 47.4 Å². The van der Waals surface area contributed by atoms with Gasteiger partial charge in [0.05, 0.1) is 20.3 Å². The molecule has 0 bridgehead atoms. The summed E-state index contributed by atoms with van der Waals surface area (Å²) >= 11 is 0. The first-order valence-corrected chi connectivity index (χ1v) is 11.0. The largest absolute Gasteiger partial charge is 0.493 e. The molecule has 1 fully saturated rings. The molecule has 1 heterocycles. The maximum absolute atomic E-state index is 13.4. The maximum atomic E-state index is 13.4. The molecule has 1 atom stereocenters. The van der Waals surface area contributed by atoms with E-state index >= 15 is 0 Å². The van der Waals surface area contributed by atoms with Gasteiger partial charge >= 0.3 is 0 Å². The fourth-order valence-electron chi connectivity index (χ4n) is 4.20. The highest BCUT2D eigenvalue weighted by molar-refractivity contribution is 5.81. The normalized spacial score (nSPS) is 15.9. The molecule has 0 aromatic heterocycles. The van der Waals surface area contributed by atoms with Crippen molar-refractivity contribution in [1.29, 1.82) is 0 Å². The minimum Gasteiger partial charge on any atom is -0.493 e. The molecule has 0 unspecified atom stereocenters. The van der Waals surface area contributed by atoms with E-state index in [9.17, 15) is 9.18 Å².